The molecule has 1 aromatic rings. The van der Waals surface area contributed by atoms with Crippen LogP contribution in [0.3, 0.4) is 0 Å². The van der Waals surface area contributed by atoms with E-state index in [1.165, 1.54) is 0 Å². The minimum atomic E-state index is -0.997. The molecule has 0 aromatic heterocycles. The fourth-order valence-corrected chi connectivity index (χ4v) is 4.09. The van der Waals surface area contributed by atoms with Crippen LogP contribution in [-0.4, -0.2) is 23.7 Å². The standard InChI is InChI=1S/C15H14I3NO4/c16-10-6-9(2-3-12(10)20)23-13-4-1-8(7-15(13,17)18)5-11(19)14(21)22/h1-4,6,11,20H,5,7,19H2,(H,21,22)/t11-/m0/s1. The topological polar surface area (TPSA) is 92.8 Å². The van der Waals surface area contributed by atoms with Crippen LogP contribution in [-0.2, 0) is 4.79 Å². The lowest BCUT2D eigenvalue weighted by atomic mass is 9.97. The monoisotopic (exact) mass is 653 g/mol. The molecule has 0 saturated carbocycles. The van der Waals surface area contributed by atoms with Crippen molar-refractivity contribution < 1.29 is 19.7 Å². The average molecular weight is 653 g/mol. The summed E-state index contributed by atoms with van der Waals surface area (Å²) in [7, 11) is 0. The van der Waals surface area contributed by atoms with Gasteiger partial charge in [-0.3, -0.25) is 4.79 Å². The van der Waals surface area contributed by atoms with Crippen LogP contribution in [0, 0.1) is 3.57 Å². The molecule has 124 valence electrons. The molecule has 0 saturated heterocycles. The normalized spacial score (nSPS) is 17.9. The molecule has 23 heavy (non-hydrogen) atoms. The van der Waals surface area contributed by atoms with Crippen LogP contribution < -0.4 is 10.5 Å². The number of carboxylic acid groups (broad SMARTS) is 1. The highest BCUT2D eigenvalue weighted by Crippen LogP contribution is 2.45. The maximum atomic E-state index is 10.9. The maximum absolute atomic E-state index is 10.9. The van der Waals surface area contributed by atoms with Gasteiger partial charge in [0.25, 0.3) is 0 Å². The summed E-state index contributed by atoms with van der Waals surface area (Å²) in [6.07, 6.45) is 4.71. The second kappa shape index (κ2) is 7.87. The zero-order valence-corrected chi connectivity index (χ0v) is 18.3. The van der Waals surface area contributed by atoms with E-state index in [4.69, 9.17) is 15.6 Å². The highest BCUT2D eigenvalue weighted by molar-refractivity contribution is 14.2. The molecule has 1 aliphatic carbocycles. The lowest BCUT2D eigenvalue weighted by Crippen LogP contribution is -2.32. The molecular formula is C15H14I3NO4. The van der Waals surface area contributed by atoms with Gasteiger partial charge in [0.15, 0.2) is 0 Å². The largest absolute Gasteiger partial charge is 0.507 e. The minimum absolute atomic E-state index is 0.218. The van der Waals surface area contributed by atoms with Gasteiger partial charge in [0, 0.05) is 0 Å². The third-order valence-corrected chi connectivity index (χ3v) is 5.92. The van der Waals surface area contributed by atoms with E-state index < -0.39 is 12.0 Å². The Morgan fingerprint density at radius 2 is 2.09 bits per heavy atom. The third-order valence-electron chi connectivity index (χ3n) is 3.23. The molecule has 5 nitrogen and oxygen atoms in total. The predicted molar refractivity (Wildman–Crippen MR) is 113 cm³/mol. The SMILES string of the molecule is N[C@@H](CC1=CC=C(Oc2ccc(O)c(I)c2)C(I)(I)C1)C(=O)O. The van der Waals surface area contributed by atoms with Crippen molar-refractivity contribution >= 4 is 73.7 Å². The van der Waals surface area contributed by atoms with Crippen LogP contribution in [0.25, 0.3) is 0 Å². The molecule has 0 heterocycles. The Morgan fingerprint density at radius 3 is 2.65 bits per heavy atom. The van der Waals surface area contributed by atoms with Crippen molar-refractivity contribution in [3.8, 4) is 11.5 Å². The van der Waals surface area contributed by atoms with E-state index >= 15 is 0 Å². The highest BCUT2D eigenvalue weighted by atomic mass is 127. The summed E-state index contributed by atoms with van der Waals surface area (Å²) in [6.45, 7) is 0. The van der Waals surface area contributed by atoms with Gasteiger partial charge in [0.05, 0.1) is 3.57 Å². The number of carboxylic acids is 1. The summed E-state index contributed by atoms with van der Waals surface area (Å²) in [4.78, 5) is 10.9. The van der Waals surface area contributed by atoms with Crippen molar-refractivity contribution in [2.45, 2.75) is 20.3 Å². The lowest BCUT2D eigenvalue weighted by Gasteiger charge is -2.29. The molecule has 0 fully saturated rings. The number of phenolic OH excluding ortho intramolecular Hbond substituents is 1. The lowest BCUT2D eigenvalue weighted by molar-refractivity contribution is -0.138. The number of aromatic hydroxyl groups is 1. The predicted octanol–water partition coefficient (Wildman–Crippen LogP) is 3.96. The molecule has 0 aliphatic heterocycles. The molecule has 0 amide bonds. The first-order valence-electron chi connectivity index (χ1n) is 6.62. The summed E-state index contributed by atoms with van der Waals surface area (Å²) < 4.78 is 6.34. The first kappa shape index (κ1) is 19.2. The molecule has 0 bridgehead atoms. The number of allylic oxidation sites excluding steroid dienone is 3. The molecule has 1 aromatic carbocycles. The van der Waals surface area contributed by atoms with Crippen molar-refractivity contribution in [2.24, 2.45) is 5.73 Å². The van der Waals surface area contributed by atoms with E-state index in [0.29, 0.717) is 22.2 Å². The molecule has 0 radical (unpaired) electrons. The molecule has 2 rings (SSSR count). The van der Waals surface area contributed by atoms with Crippen LogP contribution in [0.1, 0.15) is 12.8 Å². The Morgan fingerprint density at radius 1 is 1.39 bits per heavy atom. The van der Waals surface area contributed by atoms with Crippen molar-refractivity contribution in [1.29, 1.82) is 0 Å². The Bertz CT molecular complexity index is 685. The third kappa shape index (κ3) is 5.19. The number of ether oxygens (including phenoxy) is 1. The van der Waals surface area contributed by atoms with Crippen LogP contribution in [0.2, 0.25) is 0 Å². The van der Waals surface area contributed by atoms with Crippen LogP contribution in [0.15, 0.2) is 41.7 Å². The second-order valence-electron chi connectivity index (χ2n) is 5.10. The van der Waals surface area contributed by atoms with Gasteiger partial charge in [-0.15, -0.1) is 0 Å². The van der Waals surface area contributed by atoms with Crippen molar-refractivity contribution in [1.82, 2.24) is 0 Å². The Hall–Kier alpha value is -0.0800. The van der Waals surface area contributed by atoms with E-state index in [2.05, 4.69) is 45.2 Å². The zero-order chi connectivity index (χ0) is 17.2. The maximum Gasteiger partial charge on any atom is 0.320 e. The van der Waals surface area contributed by atoms with E-state index in [-0.39, 0.29) is 7.18 Å². The number of phenols is 1. The van der Waals surface area contributed by atoms with Gasteiger partial charge in [-0.2, -0.15) is 0 Å². The summed E-state index contributed by atoms with van der Waals surface area (Å²) in [5.74, 6) is 0.641. The molecule has 4 N–H and O–H groups in total. The molecular weight excluding hydrogens is 639 g/mol. The van der Waals surface area contributed by atoms with Gasteiger partial charge in [-0.05, 0) is 59.7 Å². The number of aliphatic carboxylic acids is 1. The van der Waals surface area contributed by atoms with E-state index in [9.17, 15) is 9.90 Å². The Labute approximate surface area is 174 Å². The van der Waals surface area contributed by atoms with Crippen molar-refractivity contribution in [2.75, 3.05) is 0 Å². The molecule has 8 heteroatoms. The average Bonchev–Trinajstić information content (AvgIpc) is 2.45. The van der Waals surface area contributed by atoms with Crippen molar-refractivity contribution in [3.05, 3.63) is 45.3 Å². The van der Waals surface area contributed by atoms with Gasteiger partial charge in [0.1, 0.15) is 24.7 Å². The number of benzene rings is 1. The second-order valence-corrected chi connectivity index (χ2v) is 12.0. The number of nitrogens with two attached hydrogens (primary N) is 1. The fraction of sp³-hybridized carbons (Fsp3) is 0.267. The van der Waals surface area contributed by atoms with Crippen molar-refractivity contribution in [3.63, 3.8) is 0 Å². The number of halogens is 3. The summed E-state index contributed by atoms with van der Waals surface area (Å²) in [6, 6.07) is 4.18. The molecule has 1 aliphatic rings. The number of hydrogen-bond acceptors (Lipinski definition) is 4. The van der Waals surface area contributed by atoms with E-state index in [1.807, 2.05) is 34.7 Å². The first-order valence-corrected chi connectivity index (χ1v) is 9.85. The van der Waals surface area contributed by atoms with Gasteiger partial charge in [0.2, 0.25) is 0 Å². The fourth-order valence-electron chi connectivity index (χ4n) is 2.04. The number of carbonyl (C=O) groups is 1. The summed E-state index contributed by atoms with van der Waals surface area (Å²) in [5.41, 5.74) is 6.59. The summed E-state index contributed by atoms with van der Waals surface area (Å²) >= 11 is 6.62. The molecule has 0 spiro atoms. The number of hydrogen-bond donors (Lipinski definition) is 3. The van der Waals surface area contributed by atoms with Gasteiger partial charge < -0.3 is 20.7 Å². The molecule has 0 unspecified atom stereocenters. The Kier molecular flexibility index (Phi) is 6.58. The van der Waals surface area contributed by atoms with Crippen LogP contribution in [0.4, 0.5) is 0 Å². The smallest absolute Gasteiger partial charge is 0.320 e. The van der Waals surface area contributed by atoms with Crippen LogP contribution in [0.5, 0.6) is 11.5 Å². The first-order chi connectivity index (χ1) is 10.7. The van der Waals surface area contributed by atoms with Gasteiger partial charge in [-0.1, -0.05) is 56.8 Å². The molecule has 1 atom stereocenters. The minimum Gasteiger partial charge on any atom is -0.507 e. The van der Waals surface area contributed by atoms with E-state index in [0.717, 1.165) is 11.3 Å². The summed E-state index contributed by atoms with van der Waals surface area (Å²) in [5, 5.41) is 18.5. The van der Waals surface area contributed by atoms with Gasteiger partial charge in [-0.25, -0.2) is 0 Å². The quantitative estimate of drug-likeness (QED) is 0.331. The van der Waals surface area contributed by atoms with Crippen LogP contribution >= 0.6 is 67.8 Å². The number of rotatable bonds is 5. The Balaban J connectivity index is 2.17. The highest BCUT2D eigenvalue weighted by Gasteiger charge is 2.34. The number of alkyl halides is 2. The van der Waals surface area contributed by atoms with E-state index in [1.54, 1.807) is 18.2 Å². The van der Waals surface area contributed by atoms with Gasteiger partial charge >= 0.3 is 5.97 Å². The zero-order valence-electron chi connectivity index (χ0n) is 11.8.